The molecule has 0 bridgehead atoms. The van der Waals surface area contributed by atoms with Crippen molar-refractivity contribution in [2.24, 2.45) is 5.92 Å². The summed E-state index contributed by atoms with van der Waals surface area (Å²) in [5.74, 6) is -0.507. The fourth-order valence-corrected chi connectivity index (χ4v) is 2.36. The van der Waals surface area contributed by atoms with Gasteiger partial charge in [0.15, 0.2) is 0 Å². The highest BCUT2D eigenvalue weighted by Crippen LogP contribution is 2.31. The maximum Gasteiger partial charge on any atom is 0.128 e. The van der Waals surface area contributed by atoms with Gasteiger partial charge in [-0.1, -0.05) is 0 Å². The van der Waals surface area contributed by atoms with Crippen LogP contribution in [0.2, 0.25) is 0 Å². The SMILES string of the molecule is CNC(c1cc(F)c(C)cc1F)C1CCOC1. The van der Waals surface area contributed by atoms with Crippen molar-refractivity contribution >= 4 is 0 Å². The Morgan fingerprint density at radius 3 is 2.71 bits per heavy atom. The van der Waals surface area contributed by atoms with Crippen molar-refractivity contribution in [3.63, 3.8) is 0 Å². The number of nitrogens with one attached hydrogen (secondary N) is 1. The number of hydrogen-bond acceptors (Lipinski definition) is 2. The molecule has 1 aromatic rings. The zero-order valence-electron chi connectivity index (χ0n) is 10.1. The summed E-state index contributed by atoms with van der Waals surface area (Å²) in [6.45, 7) is 2.86. The first-order valence-electron chi connectivity index (χ1n) is 5.84. The second kappa shape index (κ2) is 5.10. The van der Waals surface area contributed by atoms with Gasteiger partial charge in [-0.25, -0.2) is 8.78 Å². The van der Waals surface area contributed by atoms with Crippen LogP contribution in [0, 0.1) is 24.5 Å². The Kier molecular flexibility index (Phi) is 3.74. The summed E-state index contributed by atoms with van der Waals surface area (Å²) in [5.41, 5.74) is 0.731. The van der Waals surface area contributed by atoms with Gasteiger partial charge in [-0.2, -0.15) is 0 Å². The first kappa shape index (κ1) is 12.5. The summed E-state index contributed by atoms with van der Waals surface area (Å²) in [5, 5.41) is 3.06. The Bertz CT molecular complexity index is 403. The van der Waals surface area contributed by atoms with E-state index in [0.29, 0.717) is 24.3 Å². The van der Waals surface area contributed by atoms with Crippen molar-refractivity contribution in [3.05, 3.63) is 34.9 Å². The molecular weight excluding hydrogens is 224 g/mol. The van der Waals surface area contributed by atoms with Gasteiger partial charge in [-0.05, 0) is 38.1 Å². The van der Waals surface area contributed by atoms with Crippen LogP contribution in [0.4, 0.5) is 8.78 Å². The van der Waals surface area contributed by atoms with Crippen LogP contribution in [-0.4, -0.2) is 20.3 Å². The van der Waals surface area contributed by atoms with Gasteiger partial charge in [0.05, 0.1) is 6.61 Å². The van der Waals surface area contributed by atoms with Gasteiger partial charge in [-0.3, -0.25) is 0 Å². The fourth-order valence-electron chi connectivity index (χ4n) is 2.36. The molecule has 0 radical (unpaired) electrons. The Balaban J connectivity index is 2.32. The molecule has 4 heteroatoms. The van der Waals surface area contributed by atoms with E-state index in [2.05, 4.69) is 5.32 Å². The maximum absolute atomic E-state index is 13.9. The molecule has 1 N–H and O–H groups in total. The molecule has 1 aromatic carbocycles. The van der Waals surface area contributed by atoms with Crippen LogP contribution in [-0.2, 0) is 4.74 Å². The number of ether oxygens (including phenoxy) is 1. The minimum atomic E-state index is -0.361. The molecule has 94 valence electrons. The number of halogens is 2. The van der Waals surface area contributed by atoms with Gasteiger partial charge in [-0.15, -0.1) is 0 Å². The van der Waals surface area contributed by atoms with Crippen LogP contribution in [0.3, 0.4) is 0 Å². The Labute approximate surface area is 100.0 Å². The Hall–Kier alpha value is -1.00. The van der Waals surface area contributed by atoms with E-state index in [9.17, 15) is 8.78 Å². The number of rotatable bonds is 3. The minimum absolute atomic E-state index is 0.187. The monoisotopic (exact) mass is 241 g/mol. The highest BCUT2D eigenvalue weighted by Gasteiger charge is 2.28. The number of aryl methyl sites for hydroxylation is 1. The largest absolute Gasteiger partial charge is 0.381 e. The van der Waals surface area contributed by atoms with E-state index in [1.807, 2.05) is 0 Å². The standard InChI is InChI=1S/C13H17F2NO/c1-8-5-12(15)10(6-11(8)14)13(16-2)9-3-4-17-7-9/h5-6,9,13,16H,3-4,7H2,1-2H3. The molecular formula is C13H17F2NO. The Morgan fingerprint density at radius 2 is 2.12 bits per heavy atom. The van der Waals surface area contributed by atoms with Crippen LogP contribution in [0.15, 0.2) is 12.1 Å². The van der Waals surface area contributed by atoms with Gasteiger partial charge in [0.1, 0.15) is 11.6 Å². The third-order valence-electron chi connectivity index (χ3n) is 3.36. The van der Waals surface area contributed by atoms with E-state index in [1.54, 1.807) is 14.0 Å². The topological polar surface area (TPSA) is 21.3 Å². The molecule has 1 saturated heterocycles. The zero-order valence-corrected chi connectivity index (χ0v) is 10.1. The molecule has 17 heavy (non-hydrogen) atoms. The molecule has 0 saturated carbocycles. The maximum atomic E-state index is 13.9. The fraction of sp³-hybridized carbons (Fsp3) is 0.538. The van der Waals surface area contributed by atoms with Crippen molar-refractivity contribution in [1.29, 1.82) is 0 Å². The lowest BCUT2D eigenvalue weighted by Crippen LogP contribution is -2.26. The average molecular weight is 241 g/mol. The summed E-state index contributed by atoms with van der Waals surface area (Å²) in [7, 11) is 1.76. The molecule has 2 atom stereocenters. The van der Waals surface area contributed by atoms with Gasteiger partial charge in [0, 0.05) is 24.1 Å². The van der Waals surface area contributed by atoms with Crippen LogP contribution < -0.4 is 5.32 Å². The second-order valence-electron chi connectivity index (χ2n) is 4.51. The van der Waals surface area contributed by atoms with Crippen LogP contribution in [0.25, 0.3) is 0 Å². The second-order valence-corrected chi connectivity index (χ2v) is 4.51. The number of hydrogen-bond donors (Lipinski definition) is 1. The number of benzene rings is 1. The van der Waals surface area contributed by atoms with Gasteiger partial charge < -0.3 is 10.1 Å². The first-order chi connectivity index (χ1) is 8.13. The normalized spacial score (nSPS) is 21.8. The van der Waals surface area contributed by atoms with Gasteiger partial charge in [0.2, 0.25) is 0 Å². The van der Waals surface area contributed by atoms with E-state index in [1.165, 1.54) is 12.1 Å². The molecule has 0 amide bonds. The first-order valence-corrected chi connectivity index (χ1v) is 5.84. The van der Waals surface area contributed by atoms with Gasteiger partial charge in [0.25, 0.3) is 0 Å². The predicted molar refractivity (Wildman–Crippen MR) is 61.8 cm³/mol. The summed E-state index contributed by atoms with van der Waals surface area (Å²) in [4.78, 5) is 0. The van der Waals surface area contributed by atoms with E-state index in [-0.39, 0.29) is 23.6 Å². The van der Waals surface area contributed by atoms with Crippen molar-refractivity contribution in [1.82, 2.24) is 5.32 Å². The molecule has 0 aliphatic carbocycles. The van der Waals surface area contributed by atoms with Crippen LogP contribution >= 0.6 is 0 Å². The summed E-state index contributed by atoms with van der Waals surface area (Å²) in [6.07, 6.45) is 0.875. The van der Waals surface area contributed by atoms with E-state index < -0.39 is 0 Å². The van der Waals surface area contributed by atoms with Gasteiger partial charge >= 0.3 is 0 Å². The highest BCUT2D eigenvalue weighted by atomic mass is 19.1. The highest BCUT2D eigenvalue weighted by molar-refractivity contribution is 5.28. The molecule has 1 fully saturated rings. The molecule has 0 spiro atoms. The molecule has 0 aromatic heterocycles. The molecule has 2 unspecified atom stereocenters. The van der Waals surface area contributed by atoms with Crippen LogP contribution in [0.5, 0.6) is 0 Å². The summed E-state index contributed by atoms with van der Waals surface area (Å²) < 4.78 is 32.7. The third kappa shape index (κ3) is 2.48. The van der Waals surface area contributed by atoms with E-state index >= 15 is 0 Å². The van der Waals surface area contributed by atoms with Crippen LogP contribution in [0.1, 0.15) is 23.6 Å². The zero-order chi connectivity index (χ0) is 12.4. The summed E-state index contributed by atoms with van der Waals surface area (Å²) >= 11 is 0. The molecule has 2 nitrogen and oxygen atoms in total. The lowest BCUT2D eigenvalue weighted by Gasteiger charge is -2.23. The summed E-state index contributed by atoms with van der Waals surface area (Å²) in [6, 6.07) is 2.36. The Morgan fingerprint density at radius 1 is 1.35 bits per heavy atom. The van der Waals surface area contributed by atoms with E-state index in [4.69, 9.17) is 4.74 Å². The minimum Gasteiger partial charge on any atom is -0.381 e. The smallest absolute Gasteiger partial charge is 0.128 e. The van der Waals surface area contributed by atoms with Crippen molar-refractivity contribution in [2.45, 2.75) is 19.4 Å². The van der Waals surface area contributed by atoms with Crippen molar-refractivity contribution < 1.29 is 13.5 Å². The molecule has 1 aliphatic rings. The lowest BCUT2D eigenvalue weighted by atomic mass is 9.91. The van der Waals surface area contributed by atoms with Crippen molar-refractivity contribution in [2.75, 3.05) is 20.3 Å². The molecule has 1 heterocycles. The lowest BCUT2D eigenvalue weighted by molar-refractivity contribution is 0.177. The molecule has 1 aliphatic heterocycles. The van der Waals surface area contributed by atoms with E-state index in [0.717, 1.165) is 6.42 Å². The third-order valence-corrected chi connectivity index (χ3v) is 3.36. The molecule has 2 rings (SSSR count). The quantitative estimate of drug-likeness (QED) is 0.878. The predicted octanol–water partition coefficient (Wildman–Crippen LogP) is 2.57. The average Bonchev–Trinajstić information content (AvgIpc) is 2.80. The van der Waals surface area contributed by atoms with Crippen molar-refractivity contribution in [3.8, 4) is 0 Å².